The zero-order valence-corrected chi connectivity index (χ0v) is 70.9. The van der Waals surface area contributed by atoms with Gasteiger partial charge in [-0.1, -0.05) is 33.7 Å². The maximum atomic E-state index is 14.1. The van der Waals surface area contributed by atoms with Crippen LogP contribution >= 0.6 is 66.7 Å². The Balaban J connectivity index is 0.891. The summed E-state index contributed by atoms with van der Waals surface area (Å²) in [7, 11) is 7.21. The molecule has 44 nitrogen and oxygen atoms in total. The first kappa shape index (κ1) is 101. The number of ether oxygens (including phenoxy) is 16. The van der Waals surface area contributed by atoms with Crippen LogP contribution in [0.2, 0.25) is 0 Å². The van der Waals surface area contributed by atoms with E-state index in [4.69, 9.17) is 75.8 Å². The Labute approximate surface area is 723 Å². The summed E-state index contributed by atoms with van der Waals surface area (Å²) in [6.07, 6.45) is -63.2. The number of aliphatic hydroxyl groups is 19. The third-order valence-electron chi connectivity index (χ3n) is 20.9. The van der Waals surface area contributed by atoms with Crippen molar-refractivity contribution in [3.05, 3.63) is 48.8 Å². The van der Waals surface area contributed by atoms with E-state index in [9.17, 15) is 116 Å². The topological polar surface area (TPSA) is 662 Å². The average Bonchev–Trinajstić information content (AvgIpc) is 0.776. The Morgan fingerprint density at radius 1 is 0.467 bits per heavy atom. The summed E-state index contributed by atoms with van der Waals surface area (Å²) in [5.74, 6) is -8.62. The predicted octanol–water partition coefficient (Wildman–Crippen LogP) is -8.97. The molecule has 2 amide bonds. The van der Waals surface area contributed by atoms with E-state index in [1.54, 1.807) is 43.7 Å². The molecule has 122 heavy (non-hydrogen) atoms. The molecule has 0 spiro atoms. The van der Waals surface area contributed by atoms with Crippen LogP contribution in [0.5, 0.6) is 0 Å². The Hall–Kier alpha value is -2.76. The Bertz CT molecular complexity index is 3480. The molecule has 21 aliphatic rings. The molecule has 0 aliphatic carbocycles. The third kappa shape index (κ3) is 26.8. The van der Waals surface area contributed by atoms with E-state index >= 15 is 0 Å². The number of carbonyl (C=O) groups is 4. The first-order valence-corrected chi connectivity index (χ1v) is 46.3. The molecule has 21 fully saturated rings. The molecule has 23 heterocycles. The fourth-order valence-electron chi connectivity index (χ4n) is 14.0. The molecule has 23 rings (SSSR count). The largest absolute Gasteiger partial charge is 0.394 e. The summed E-state index contributed by atoms with van der Waals surface area (Å²) in [6.45, 7) is -3.62. The highest BCUT2D eigenvalue weighted by Crippen LogP contribution is 2.42. The zero-order valence-electron chi connectivity index (χ0n) is 66.0. The number of ketones is 2. The van der Waals surface area contributed by atoms with E-state index in [0.29, 0.717) is 23.1 Å². The van der Waals surface area contributed by atoms with Crippen LogP contribution in [0.3, 0.4) is 0 Å². The molecular weight excluding hydrogens is 1750 g/mol. The van der Waals surface area contributed by atoms with Gasteiger partial charge < -0.3 is 189 Å². The highest BCUT2D eigenvalue weighted by molar-refractivity contribution is 8.77. The van der Waals surface area contributed by atoms with Crippen LogP contribution in [-0.4, -0.2) is 453 Å². The third-order valence-corrected chi connectivity index (χ3v) is 27.7. The van der Waals surface area contributed by atoms with Crippen LogP contribution in [0.1, 0.15) is 32.6 Å². The summed E-state index contributed by atoms with van der Waals surface area (Å²) < 4.78 is 93.7. The van der Waals surface area contributed by atoms with E-state index in [2.05, 4.69) is 25.9 Å². The first-order valence-electron chi connectivity index (χ1n) is 39.3. The van der Waals surface area contributed by atoms with Crippen molar-refractivity contribution < 1.29 is 192 Å². The van der Waals surface area contributed by atoms with E-state index in [0.717, 1.165) is 28.5 Å². The van der Waals surface area contributed by atoms with Gasteiger partial charge in [-0.05, 0) is 72.0 Å². The average molecular weight is 1860 g/mol. The number of pyridine rings is 2. The van der Waals surface area contributed by atoms with Gasteiger partial charge in [0.1, 0.15) is 169 Å². The number of amides is 2. The van der Waals surface area contributed by atoms with Crippen molar-refractivity contribution in [3.8, 4) is 0 Å². The van der Waals surface area contributed by atoms with E-state index < -0.39 is 265 Å². The summed E-state index contributed by atoms with van der Waals surface area (Å²) in [6, 6.07) is 10.1. The van der Waals surface area contributed by atoms with Crippen LogP contribution in [0.15, 0.2) is 58.8 Å². The van der Waals surface area contributed by atoms with Crippen LogP contribution in [0.4, 0.5) is 0 Å². The Morgan fingerprint density at radius 3 is 1.27 bits per heavy atom. The van der Waals surface area contributed by atoms with Gasteiger partial charge >= 0.3 is 0 Å². The van der Waals surface area contributed by atoms with Crippen LogP contribution < -0.4 is 16.0 Å². The Morgan fingerprint density at radius 2 is 0.852 bits per heavy atom. The lowest BCUT2D eigenvalue weighted by Crippen LogP contribution is -2.69. The molecule has 0 saturated carbocycles. The molecular formula is C72H111N5O39S6. The molecule has 35 atom stereocenters. The number of nitrogens with one attached hydrogen (secondary N) is 3. The number of rotatable bonds is 36. The Kier molecular flexibility index (Phi) is 40.7. The van der Waals surface area contributed by atoms with Crippen molar-refractivity contribution in [1.82, 2.24) is 25.9 Å². The first-order chi connectivity index (χ1) is 58.4. The van der Waals surface area contributed by atoms with Gasteiger partial charge in [0.25, 0.3) is 0 Å². The van der Waals surface area contributed by atoms with Gasteiger partial charge in [0.05, 0.1) is 70.4 Å². The molecule has 21 saturated heterocycles. The van der Waals surface area contributed by atoms with Crippen molar-refractivity contribution in [2.45, 2.75) is 251 Å². The number of Topliss-reactive ketones (excluding diaryl/α,β-unsaturated/α-hetero) is 2. The number of carbonyl (C=O) groups excluding carboxylic acids is 4. The zero-order chi connectivity index (χ0) is 88.1. The number of nitrogens with zero attached hydrogens (tertiary/aromatic N) is 2. The maximum absolute atomic E-state index is 14.1. The van der Waals surface area contributed by atoms with Gasteiger partial charge in [-0.15, -0.1) is 0 Å². The number of likely N-dealkylation sites (N-methyl/N-ethyl adjacent to an activating group) is 1. The number of aromatic nitrogens is 2. The minimum absolute atomic E-state index is 0.0670. The van der Waals surface area contributed by atoms with Gasteiger partial charge in [0.2, 0.25) is 23.4 Å². The van der Waals surface area contributed by atoms with Crippen molar-refractivity contribution in [2.75, 3.05) is 114 Å². The molecule has 21 aliphatic heterocycles. The smallest absolute Gasteiger partial charge is 0.237 e. The summed E-state index contributed by atoms with van der Waals surface area (Å²) in [5, 5.41) is 232. The quantitative estimate of drug-likeness (QED) is 0.0222. The molecule has 694 valence electrons. The van der Waals surface area contributed by atoms with Crippen LogP contribution in [-0.2, 0) is 95.0 Å². The van der Waals surface area contributed by atoms with Crippen molar-refractivity contribution in [3.63, 3.8) is 0 Å². The lowest BCUT2D eigenvalue weighted by molar-refractivity contribution is -0.434. The fourth-order valence-corrected chi connectivity index (χ4v) is 19.8. The summed E-state index contributed by atoms with van der Waals surface area (Å²) in [5.41, 5.74) is 0. The van der Waals surface area contributed by atoms with Gasteiger partial charge in [-0.2, -0.15) is 23.5 Å². The normalized spacial score (nSPS) is 39.6. The molecule has 22 N–H and O–H groups in total. The molecule has 14 unspecified atom stereocenters. The molecule has 2 aromatic rings. The highest BCUT2D eigenvalue weighted by atomic mass is 33.1. The van der Waals surface area contributed by atoms with E-state index in [-0.39, 0.29) is 87.6 Å². The summed E-state index contributed by atoms with van der Waals surface area (Å²) in [4.78, 5) is 61.0. The highest BCUT2D eigenvalue weighted by Gasteiger charge is 2.62. The predicted molar refractivity (Wildman–Crippen MR) is 422 cm³/mol. The number of hydrogen-bond acceptors (Lipinski definition) is 48. The maximum Gasteiger partial charge on any atom is 0.237 e. The van der Waals surface area contributed by atoms with Crippen molar-refractivity contribution in [2.24, 2.45) is 5.92 Å². The minimum Gasteiger partial charge on any atom is -0.394 e. The number of aliphatic hydroxyl groups excluding tert-OH is 17. The standard InChI is InChI=1S/C72H111N5O39S6/c1-32(81)9-16-101-18-19-102-17-10-34(82)23-33(62(97)76-14-21-119-121-41-7-3-5-12-74-41)27-118-29-40-59-47(87)52(92)70(109-40)116-72(100)31-104-65(54(94)61(72)96)111-55-36(24-78)105-66(48(88)43(55)83)113-58-39(28-117-20-11-35(73-2)63(98)77-15-22-120-122-42-8-4-6-13-75-42)108-68(50(90)45(58)85)112-57-38(26-80)107-69(51(91)46(57)86)115-71(99)30-103-64(53(93)60(71)95)110-56-37(25-79)106-67(114-59)49(89)44(56)84/h3-8,12-13,33,35-40,43-61,64-70,73,78-80,83-96,99-100H,9-11,14-31H2,1-2H3,(H,76,97)(H,77,98)/t33?,35?,36?,37?,38?,39?,40?,43-,44+,45+,46+,47+,48?,49?,50?,51?,52?,53?,54?,55+,56+,57+,58+,59+,60+,61+,64+,65-,66-,67+,68-,69+,70+,71+,72+/m0/s1. The second-order valence-corrected chi connectivity index (χ2v) is 36.8. The van der Waals surface area contributed by atoms with E-state index in [1.807, 2.05) is 12.1 Å². The second-order valence-electron chi connectivity index (χ2n) is 29.7. The molecule has 14 bridgehead atoms. The van der Waals surface area contributed by atoms with Gasteiger partial charge in [0.15, 0.2) is 44.0 Å². The molecule has 0 aromatic carbocycles. The van der Waals surface area contributed by atoms with Gasteiger partial charge in [-0.25, -0.2) is 9.97 Å². The molecule has 50 heteroatoms. The number of hydrogen-bond donors (Lipinski definition) is 22. The summed E-state index contributed by atoms with van der Waals surface area (Å²) >= 11 is 2.01. The lowest BCUT2D eigenvalue weighted by Gasteiger charge is -2.50. The fraction of sp³-hybridized carbons (Fsp3) is 0.806. The van der Waals surface area contributed by atoms with Crippen molar-refractivity contribution >= 4 is 90.1 Å². The second kappa shape index (κ2) is 48.9. The van der Waals surface area contributed by atoms with Gasteiger partial charge in [-0.3, -0.25) is 19.2 Å². The molecule has 0 radical (unpaired) electrons. The van der Waals surface area contributed by atoms with Crippen molar-refractivity contribution in [1.29, 1.82) is 0 Å². The monoisotopic (exact) mass is 1860 g/mol. The lowest BCUT2D eigenvalue weighted by atomic mass is 9.95. The SMILES string of the molecule is CNC(CCSCC1O[C@H]2O[C@@H]3C(CO)O[C@H](O[C@]4(O)CO[C@H](O[C@@H]5C(CO)O[C@H](O[C@@H]6C(CSCC(CC(=O)CCOCCOCCC(C)=O)C(=O)NCCSSc7ccccn7)O[C@H](O[C@]7(O)CO[C@@H](O[C@@H]8C(CO)O[C@@H](O[C@H]1[C@H](O)C2O)C(O)[C@@H]8O)C(O)[C@H]7O)C(O)[C@H]6O)C(O)[C@H]5O)C(O)[C@H]4O)C(O)[C@H]3O)C(=O)NCCSSc1ccccn1. The van der Waals surface area contributed by atoms with E-state index in [1.165, 1.54) is 50.1 Å². The molecule has 2 aromatic heterocycles. The van der Waals surface area contributed by atoms with Crippen LogP contribution in [0, 0.1) is 5.92 Å². The van der Waals surface area contributed by atoms with Crippen LogP contribution in [0.25, 0.3) is 0 Å². The number of thioether (sulfide) groups is 2. The van der Waals surface area contributed by atoms with Gasteiger partial charge in [0, 0.05) is 73.5 Å². The minimum atomic E-state index is -3.18.